The number of sulfone groups is 1. The average Bonchev–Trinajstić information content (AvgIpc) is 2.31. The molecular formula is C13H10O2S. The molecule has 0 aromatic heterocycles. The quantitative estimate of drug-likeness (QED) is 0.812. The fraction of sp³-hybridized carbons (Fsp3) is 0. The molecular weight excluding hydrogens is 220 g/mol. The maximum absolute atomic E-state index is 11.9. The first-order chi connectivity index (χ1) is 7.68. The summed E-state index contributed by atoms with van der Waals surface area (Å²) in [5, 5.41) is 0. The normalized spacial score (nSPS) is 11.2. The highest BCUT2D eigenvalue weighted by atomic mass is 32.2. The Labute approximate surface area is 95.5 Å². The van der Waals surface area contributed by atoms with E-state index in [2.05, 4.69) is 5.75 Å². The minimum Gasteiger partial charge on any atom is -0.223 e. The molecule has 2 aromatic carbocycles. The number of hydrogen-bond acceptors (Lipinski definition) is 2. The molecule has 0 unspecified atom stereocenters. The molecule has 2 radical (unpaired) electrons. The van der Waals surface area contributed by atoms with Gasteiger partial charge in [-0.25, -0.2) is 8.42 Å². The Hall–Kier alpha value is -1.61. The van der Waals surface area contributed by atoms with Crippen LogP contribution in [0.25, 0.3) is 0 Å². The van der Waals surface area contributed by atoms with Gasteiger partial charge in [0.2, 0.25) is 0 Å². The molecule has 2 nitrogen and oxygen atoms in total. The third kappa shape index (κ3) is 2.49. The second-order valence-corrected chi connectivity index (χ2v) is 4.97. The van der Waals surface area contributed by atoms with Crippen LogP contribution in [0, 0.1) is 5.75 Å². The zero-order valence-corrected chi connectivity index (χ0v) is 9.31. The predicted molar refractivity (Wildman–Crippen MR) is 62.4 cm³/mol. The van der Waals surface area contributed by atoms with Crippen LogP contribution in [0.5, 0.6) is 0 Å². The van der Waals surface area contributed by atoms with E-state index in [-0.39, 0.29) is 4.90 Å². The summed E-state index contributed by atoms with van der Waals surface area (Å²) < 4.78 is 23.8. The van der Waals surface area contributed by atoms with Crippen molar-refractivity contribution in [2.75, 3.05) is 0 Å². The summed E-state index contributed by atoms with van der Waals surface area (Å²) >= 11 is 0. The van der Waals surface area contributed by atoms with Crippen LogP contribution in [-0.4, -0.2) is 8.42 Å². The highest BCUT2D eigenvalue weighted by Gasteiger charge is 2.15. The molecule has 0 amide bonds. The maximum atomic E-state index is 11.9. The molecule has 16 heavy (non-hydrogen) atoms. The fourth-order valence-corrected chi connectivity index (χ4v) is 2.40. The molecule has 0 bridgehead atoms. The van der Waals surface area contributed by atoms with E-state index in [1.165, 1.54) is 0 Å². The van der Waals surface area contributed by atoms with Crippen molar-refractivity contribution in [1.29, 1.82) is 0 Å². The zero-order chi connectivity index (χ0) is 11.4. The summed E-state index contributed by atoms with van der Waals surface area (Å²) in [6, 6.07) is 17.1. The lowest BCUT2D eigenvalue weighted by molar-refractivity contribution is 0.602. The van der Waals surface area contributed by atoms with Crippen molar-refractivity contribution in [3.63, 3.8) is 0 Å². The van der Waals surface area contributed by atoms with Gasteiger partial charge in [0, 0.05) is 0 Å². The van der Waals surface area contributed by atoms with E-state index in [0.29, 0.717) is 5.56 Å². The summed E-state index contributed by atoms with van der Waals surface area (Å²) in [7, 11) is -3.46. The lowest BCUT2D eigenvalue weighted by Crippen LogP contribution is -2.01. The lowest BCUT2D eigenvalue weighted by Gasteiger charge is -2.02. The van der Waals surface area contributed by atoms with Gasteiger partial charge in [-0.3, -0.25) is 0 Å². The third-order valence-corrected chi connectivity index (χ3v) is 3.48. The minimum absolute atomic E-state index is 0.263. The molecule has 3 heteroatoms. The van der Waals surface area contributed by atoms with Crippen LogP contribution in [0.1, 0.15) is 5.56 Å². The molecule has 0 saturated carbocycles. The molecule has 0 aliphatic heterocycles. The van der Waals surface area contributed by atoms with E-state index in [4.69, 9.17) is 0 Å². The van der Waals surface area contributed by atoms with Gasteiger partial charge in [0.25, 0.3) is 0 Å². The Morgan fingerprint density at radius 1 is 0.750 bits per heavy atom. The van der Waals surface area contributed by atoms with Gasteiger partial charge in [0.1, 0.15) is 0 Å². The summed E-state index contributed by atoms with van der Waals surface area (Å²) in [5.41, 5.74) is 0.561. The van der Waals surface area contributed by atoms with E-state index < -0.39 is 9.84 Å². The van der Waals surface area contributed by atoms with Gasteiger partial charge >= 0.3 is 0 Å². The molecule has 0 aliphatic rings. The van der Waals surface area contributed by atoms with E-state index in [0.717, 1.165) is 0 Å². The van der Waals surface area contributed by atoms with Crippen LogP contribution in [-0.2, 0) is 9.84 Å². The molecule has 0 heterocycles. The van der Waals surface area contributed by atoms with Crippen LogP contribution >= 0.6 is 0 Å². The molecule has 0 fully saturated rings. The molecule has 80 valence electrons. The van der Waals surface area contributed by atoms with Gasteiger partial charge in [-0.05, 0) is 17.7 Å². The second-order valence-electron chi connectivity index (χ2n) is 3.28. The summed E-state index contributed by atoms with van der Waals surface area (Å²) in [6.45, 7) is 0. The Kier molecular flexibility index (Phi) is 3.06. The van der Waals surface area contributed by atoms with Gasteiger partial charge in [0.05, 0.1) is 4.90 Å². The zero-order valence-electron chi connectivity index (χ0n) is 8.50. The second kappa shape index (κ2) is 4.49. The van der Waals surface area contributed by atoms with E-state index in [9.17, 15) is 8.42 Å². The molecule has 2 aromatic rings. The maximum Gasteiger partial charge on any atom is 0.192 e. The number of hydrogen-bond donors (Lipinski definition) is 0. The number of rotatable bonds is 3. The van der Waals surface area contributed by atoms with Crippen molar-refractivity contribution in [3.8, 4) is 0 Å². The standard InChI is InChI=1S/C13H10O2S/c14-16(15,13-9-5-2-6-10-13)11-12-7-3-1-4-8-12/h1-10H. The molecule has 0 saturated heterocycles. The largest absolute Gasteiger partial charge is 0.223 e. The Balaban J connectivity index is 2.29. The van der Waals surface area contributed by atoms with E-state index >= 15 is 0 Å². The van der Waals surface area contributed by atoms with Crippen molar-refractivity contribution < 1.29 is 8.42 Å². The first-order valence-electron chi connectivity index (χ1n) is 4.81. The van der Waals surface area contributed by atoms with E-state index in [1.54, 1.807) is 54.6 Å². The first kappa shape index (κ1) is 10.9. The third-order valence-electron chi connectivity index (χ3n) is 2.08. The molecule has 0 spiro atoms. The fourth-order valence-electron chi connectivity index (χ4n) is 1.32. The first-order valence-corrected chi connectivity index (χ1v) is 6.30. The van der Waals surface area contributed by atoms with Crippen LogP contribution in [0.3, 0.4) is 0 Å². The Morgan fingerprint density at radius 3 is 1.81 bits per heavy atom. The molecule has 0 aliphatic carbocycles. The van der Waals surface area contributed by atoms with Crippen molar-refractivity contribution in [2.24, 2.45) is 0 Å². The lowest BCUT2D eigenvalue weighted by atomic mass is 10.2. The van der Waals surface area contributed by atoms with Gasteiger partial charge in [0.15, 0.2) is 15.6 Å². The topological polar surface area (TPSA) is 34.1 Å². The van der Waals surface area contributed by atoms with E-state index in [1.807, 2.05) is 6.07 Å². The smallest absolute Gasteiger partial charge is 0.192 e. The van der Waals surface area contributed by atoms with Gasteiger partial charge in [-0.15, -0.1) is 0 Å². The average molecular weight is 230 g/mol. The van der Waals surface area contributed by atoms with Crippen molar-refractivity contribution in [1.82, 2.24) is 0 Å². The van der Waals surface area contributed by atoms with Crippen molar-refractivity contribution in [2.45, 2.75) is 4.90 Å². The summed E-state index contributed by atoms with van der Waals surface area (Å²) in [6.07, 6.45) is 0. The summed E-state index contributed by atoms with van der Waals surface area (Å²) in [5.74, 6) is 2.51. The Morgan fingerprint density at radius 2 is 1.25 bits per heavy atom. The van der Waals surface area contributed by atoms with Gasteiger partial charge < -0.3 is 0 Å². The van der Waals surface area contributed by atoms with Crippen LogP contribution in [0.15, 0.2) is 65.6 Å². The van der Waals surface area contributed by atoms with Crippen LogP contribution < -0.4 is 0 Å². The highest BCUT2D eigenvalue weighted by molar-refractivity contribution is 7.93. The minimum atomic E-state index is -3.46. The van der Waals surface area contributed by atoms with Crippen molar-refractivity contribution in [3.05, 3.63) is 72.0 Å². The monoisotopic (exact) mass is 230 g/mol. The van der Waals surface area contributed by atoms with Gasteiger partial charge in [-0.1, -0.05) is 48.5 Å². The highest BCUT2D eigenvalue weighted by Crippen LogP contribution is 2.17. The summed E-state index contributed by atoms with van der Waals surface area (Å²) in [4.78, 5) is 0.263. The Bertz CT molecular complexity index is 545. The molecule has 0 atom stereocenters. The van der Waals surface area contributed by atoms with Crippen LogP contribution in [0.2, 0.25) is 0 Å². The molecule has 0 N–H and O–H groups in total. The SMILES string of the molecule is O=S(=O)([C]c1ccccc1)c1ccccc1. The van der Waals surface area contributed by atoms with Gasteiger partial charge in [-0.2, -0.15) is 0 Å². The predicted octanol–water partition coefficient (Wildman–Crippen LogP) is 2.55. The van der Waals surface area contributed by atoms with Crippen LogP contribution in [0.4, 0.5) is 0 Å². The molecule has 2 rings (SSSR count). The van der Waals surface area contributed by atoms with Crippen molar-refractivity contribution >= 4 is 9.84 Å². The number of benzene rings is 2.